The molecule has 2 aliphatic rings. The van der Waals surface area contributed by atoms with Crippen molar-refractivity contribution in [2.75, 3.05) is 6.54 Å². The highest BCUT2D eigenvalue weighted by Gasteiger charge is 2.45. The monoisotopic (exact) mass is 240 g/mol. The number of hydrogen-bond acceptors (Lipinski definition) is 2. The lowest BCUT2D eigenvalue weighted by atomic mass is 9.76. The van der Waals surface area contributed by atoms with E-state index < -0.39 is 0 Å². The molecule has 2 heteroatoms. The fraction of sp³-hybridized carbons (Fsp3) is 0.562. The van der Waals surface area contributed by atoms with Crippen LogP contribution in [0.2, 0.25) is 0 Å². The zero-order valence-corrected chi connectivity index (χ0v) is 10.8. The van der Waals surface area contributed by atoms with Gasteiger partial charge in [-0.1, -0.05) is 36.8 Å². The smallest absolute Gasteiger partial charge is 0.134 e. The Morgan fingerprint density at radius 1 is 1.11 bits per heavy atom. The van der Waals surface area contributed by atoms with Crippen LogP contribution in [0.4, 0.5) is 0 Å². The molecule has 3 rings (SSSR count). The van der Waals surface area contributed by atoms with E-state index in [0.29, 0.717) is 6.04 Å². The molecule has 2 atom stereocenters. The van der Waals surface area contributed by atoms with E-state index >= 15 is 0 Å². The first kappa shape index (κ1) is 11.7. The minimum absolute atomic E-state index is 0.357. The Balaban J connectivity index is 2.02. The third-order valence-corrected chi connectivity index (χ3v) is 4.63. The predicted molar refractivity (Wildman–Crippen MR) is 71.9 cm³/mol. The molecular weight excluding hydrogens is 220 g/mol. The summed E-state index contributed by atoms with van der Waals surface area (Å²) >= 11 is 0. The van der Waals surface area contributed by atoms with Crippen LogP contribution in [0.1, 0.15) is 44.1 Å². The van der Waals surface area contributed by atoms with Crippen LogP contribution in [0.3, 0.4) is 0 Å². The van der Waals surface area contributed by atoms with Gasteiger partial charge in [0.15, 0.2) is 0 Å². The molecule has 0 radical (unpaired) electrons. The molecule has 2 unspecified atom stereocenters. The molecule has 2 fully saturated rings. The molecule has 0 spiro atoms. The first-order valence-electron chi connectivity index (χ1n) is 7.10. The first-order chi connectivity index (χ1) is 8.87. The van der Waals surface area contributed by atoms with Gasteiger partial charge in [0.1, 0.15) is 5.54 Å². The van der Waals surface area contributed by atoms with Crippen molar-refractivity contribution in [1.29, 1.82) is 5.26 Å². The van der Waals surface area contributed by atoms with Crippen LogP contribution in [0.25, 0.3) is 0 Å². The molecule has 0 aromatic heterocycles. The van der Waals surface area contributed by atoms with Crippen LogP contribution in [0.15, 0.2) is 30.3 Å². The van der Waals surface area contributed by atoms with Gasteiger partial charge in [0.2, 0.25) is 0 Å². The van der Waals surface area contributed by atoms with Gasteiger partial charge in [0.05, 0.1) is 6.07 Å². The molecule has 18 heavy (non-hydrogen) atoms. The number of fused-ring (bicyclic) bond motifs is 1. The predicted octanol–water partition coefficient (Wildman–Crippen LogP) is 3.44. The molecule has 94 valence electrons. The summed E-state index contributed by atoms with van der Waals surface area (Å²) in [5, 5.41) is 9.84. The molecule has 0 N–H and O–H groups in total. The Kier molecular flexibility index (Phi) is 3.09. The first-order valence-corrected chi connectivity index (χ1v) is 7.10. The number of hydrogen-bond donors (Lipinski definition) is 0. The van der Waals surface area contributed by atoms with Crippen LogP contribution in [0.5, 0.6) is 0 Å². The average molecular weight is 240 g/mol. The molecule has 2 nitrogen and oxygen atoms in total. The summed E-state index contributed by atoms with van der Waals surface area (Å²) in [7, 11) is 0. The standard InChI is InChI=1S/C16H20N2/c17-13-16(14-7-2-1-3-8-14)11-6-10-15-9-4-5-12-18(15)16/h1-3,7-8,15H,4-6,9-12H2. The van der Waals surface area contributed by atoms with Crippen molar-refractivity contribution in [2.24, 2.45) is 0 Å². The number of nitrogens with zero attached hydrogens (tertiary/aromatic N) is 2. The van der Waals surface area contributed by atoms with Crippen molar-refractivity contribution in [3.8, 4) is 6.07 Å². The Hall–Kier alpha value is -1.33. The van der Waals surface area contributed by atoms with E-state index in [4.69, 9.17) is 0 Å². The van der Waals surface area contributed by atoms with E-state index in [-0.39, 0.29) is 5.54 Å². The highest BCUT2D eigenvalue weighted by molar-refractivity contribution is 5.32. The third-order valence-electron chi connectivity index (χ3n) is 4.63. The molecule has 2 aliphatic heterocycles. The highest BCUT2D eigenvalue weighted by atomic mass is 15.2. The largest absolute Gasteiger partial charge is 0.279 e. The zero-order chi connectivity index (χ0) is 12.4. The quantitative estimate of drug-likeness (QED) is 0.752. The lowest BCUT2D eigenvalue weighted by Gasteiger charge is -2.50. The second kappa shape index (κ2) is 4.74. The van der Waals surface area contributed by atoms with E-state index in [9.17, 15) is 5.26 Å². The van der Waals surface area contributed by atoms with E-state index in [2.05, 4.69) is 35.2 Å². The fourth-order valence-electron chi connectivity index (χ4n) is 3.75. The van der Waals surface area contributed by atoms with E-state index in [1.807, 2.05) is 6.07 Å². The van der Waals surface area contributed by atoms with E-state index in [1.165, 1.54) is 37.7 Å². The lowest BCUT2D eigenvalue weighted by Crippen LogP contribution is -2.55. The average Bonchev–Trinajstić information content (AvgIpc) is 2.47. The van der Waals surface area contributed by atoms with Gasteiger partial charge >= 0.3 is 0 Å². The van der Waals surface area contributed by atoms with Gasteiger partial charge in [-0.3, -0.25) is 4.90 Å². The highest BCUT2D eigenvalue weighted by Crippen LogP contribution is 2.42. The molecule has 0 aliphatic carbocycles. The van der Waals surface area contributed by atoms with Crippen LogP contribution in [-0.2, 0) is 5.54 Å². The number of rotatable bonds is 1. The summed E-state index contributed by atoms with van der Waals surface area (Å²) in [6.45, 7) is 1.09. The van der Waals surface area contributed by atoms with Crippen LogP contribution in [0, 0.1) is 11.3 Å². The maximum absolute atomic E-state index is 9.84. The summed E-state index contributed by atoms with van der Waals surface area (Å²) in [6, 6.07) is 13.7. The number of piperidine rings is 2. The van der Waals surface area contributed by atoms with Gasteiger partial charge in [-0.15, -0.1) is 0 Å². The molecule has 0 saturated carbocycles. The fourth-order valence-corrected chi connectivity index (χ4v) is 3.75. The molecule has 1 aromatic carbocycles. The Bertz CT molecular complexity index is 446. The molecule has 2 heterocycles. The van der Waals surface area contributed by atoms with Crippen LogP contribution >= 0.6 is 0 Å². The van der Waals surface area contributed by atoms with Gasteiger partial charge in [0, 0.05) is 12.6 Å². The minimum Gasteiger partial charge on any atom is -0.279 e. The topological polar surface area (TPSA) is 27.0 Å². The molecule has 1 aromatic rings. The molecule has 0 bridgehead atoms. The van der Waals surface area contributed by atoms with Crippen molar-refractivity contribution in [3.63, 3.8) is 0 Å². The molecule has 0 amide bonds. The van der Waals surface area contributed by atoms with Crippen molar-refractivity contribution in [3.05, 3.63) is 35.9 Å². The van der Waals surface area contributed by atoms with Gasteiger partial charge < -0.3 is 0 Å². The second-order valence-corrected chi connectivity index (χ2v) is 5.57. The van der Waals surface area contributed by atoms with Crippen molar-refractivity contribution < 1.29 is 0 Å². The summed E-state index contributed by atoms with van der Waals surface area (Å²) in [5.41, 5.74) is 0.837. The summed E-state index contributed by atoms with van der Waals surface area (Å²) in [5.74, 6) is 0. The Morgan fingerprint density at radius 3 is 2.67 bits per heavy atom. The number of nitriles is 1. The maximum atomic E-state index is 9.84. The number of benzene rings is 1. The van der Waals surface area contributed by atoms with E-state index in [0.717, 1.165) is 13.0 Å². The van der Waals surface area contributed by atoms with Crippen molar-refractivity contribution in [2.45, 2.75) is 50.1 Å². The Morgan fingerprint density at radius 2 is 1.89 bits per heavy atom. The zero-order valence-electron chi connectivity index (χ0n) is 10.8. The Labute approximate surface area is 109 Å². The summed E-state index contributed by atoms with van der Waals surface area (Å²) < 4.78 is 0. The minimum atomic E-state index is -0.357. The van der Waals surface area contributed by atoms with E-state index in [1.54, 1.807) is 0 Å². The maximum Gasteiger partial charge on any atom is 0.134 e. The molecular formula is C16H20N2. The third kappa shape index (κ3) is 1.74. The van der Waals surface area contributed by atoms with Crippen molar-refractivity contribution >= 4 is 0 Å². The second-order valence-electron chi connectivity index (χ2n) is 5.57. The van der Waals surface area contributed by atoms with Crippen LogP contribution in [-0.4, -0.2) is 17.5 Å². The van der Waals surface area contributed by atoms with Gasteiger partial charge in [-0.25, -0.2) is 0 Å². The lowest BCUT2D eigenvalue weighted by molar-refractivity contribution is 0.00861. The van der Waals surface area contributed by atoms with Gasteiger partial charge in [-0.05, 0) is 37.7 Å². The summed E-state index contributed by atoms with van der Waals surface area (Å²) in [6.07, 6.45) is 7.30. The normalized spacial score (nSPS) is 32.5. The summed E-state index contributed by atoms with van der Waals surface area (Å²) in [4.78, 5) is 2.50. The van der Waals surface area contributed by atoms with Crippen molar-refractivity contribution in [1.82, 2.24) is 4.90 Å². The van der Waals surface area contributed by atoms with Gasteiger partial charge in [0.25, 0.3) is 0 Å². The van der Waals surface area contributed by atoms with Crippen LogP contribution < -0.4 is 0 Å². The molecule has 2 saturated heterocycles. The SMILES string of the molecule is N#CC1(c2ccccc2)CCCC2CCCCN21. The van der Waals surface area contributed by atoms with Gasteiger partial charge in [-0.2, -0.15) is 5.26 Å².